The van der Waals surface area contributed by atoms with Gasteiger partial charge in [-0.25, -0.2) is 4.98 Å². The van der Waals surface area contributed by atoms with Crippen LogP contribution in [0.25, 0.3) is 11.4 Å². The molecule has 3 N–H and O–H groups in total. The first-order valence-corrected chi connectivity index (χ1v) is 9.53. The fourth-order valence-electron chi connectivity index (χ4n) is 2.58. The first-order chi connectivity index (χ1) is 15.9. The maximum absolute atomic E-state index is 12.9. The topological polar surface area (TPSA) is 122 Å². The second kappa shape index (κ2) is 10.8. The van der Waals surface area contributed by atoms with Gasteiger partial charge in [-0.1, -0.05) is 5.92 Å². The molecule has 9 nitrogen and oxygen atoms in total. The Morgan fingerprint density at radius 3 is 2.76 bits per heavy atom. The third-order valence-corrected chi connectivity index (χ3v) is 4.09. The molecule has 0 aliphatic heterocycles. The number of imidazole rings is 1. The van der Waals surface area contributed by atoms with Crippen molar-refractivity contribution in [3.8, 4) is 29.0 Å². The Morgan fingerprint density at radius 2 is 2.06 bits per heavy atom. The Balaban J connectivity index is 1.82. The van der Waals surface area contributed by atoms with Gasteiger partial charge in [0.25, 0.3) is 0 Å². The molecule has 0 saturated carbocycles. The summed E-state index contributed by atoms with van der Waals surface area (Å²) in [5.74, 6) is 4.59. The monoisotopic (exact) mass is 458 g/mol. The van der Waals surface area contributed by atoms with Crippen molar-refractivity contribution in [3.05, 3.63) is 54.1 Å². The van der Waals surface area contributed by atoms with Crippen LogP contribution >= 0.6 is 0 Å². The van der Waals surface area contributed by atoms with Crippen molar-refractivity contribution >= 4 is 18.0 Å². The molecule has 3 aromatic rings. The number of aromatic nitrogens is 4. The number of aromatic amines is 1. The van der Waals surface area contributed by atoms with E-state index in [4.69, 9.17) is 4.74 Å². The maximum atomic E-state index is 12.9. The molecular weight excluding hydrogens is 441 g/mol. The third kappa shape index (κ3) is 6.79. The van der Waals surface area contributed by atoms with Gasteiger partial charge in [-0.3, -0.25) is 9.59 Å². The molecule has 0 aliphatic rings. The normalized spacial score (nSPS) is 10.6. The number of hydrogen-bond donors (Lipinski definition) is 3. The molecule has 3 rings (SSSR count). The van der Waals surface area contributed by atoms with Crippen LogP contribution in [0.15, 0.2) is 42.9 Å². The quantitative estimate of drug-likeness (QED) is 0.271. The molecule has 1 aromatic carbocycles. The number of carbonyl (C=O) groups excluding carboxylic acids is 2. The van der Waals surface area contributed by atoms with Crippen LogP contribution in [0.2, 0.25) is 0 Å². The molecule has 0 radical (unpaired) electrons. The molecule has 0 aliphatic carbocycles. The van der Waals surface area contributed by atoms with Crippen LogP contribution in [0.5, 0.6) is 5.75 Å². The second-order valence-corrected chi connectivity index (χ2v) is 6.46. The summed E-state index contributed by atoms with van der Waals surface area (Å²) in [5, 5.41) is 12.3. The minimum absolute atomic E-state index is 0.0338. The molecule has 2 heterocycles. The number of nitrogens with zero attached hydrogens (tertiary/aromatic N) is 3. The van der Waals surface area contributed by atoms with Gasteiger partial charge in [-0.05, 0) is 30.7 Å². The van der Waals surface area contributed by atoms with Crippen molar-refractivity contribution < 1.29 is 27.5 Å². The zero-order valence-corrected chi connectivity index (χ0v) is 16.9. The molecule has 0 spiro atoms. The van der Waals surface area contributed by atoms with E-state index >= 15 is 0 Å². The standard InChI is InChI=1S/C21H17F3N6O3/c22-21(23,24)18-12-26-20(30-18)15-3-4-17(33-9-1-7-25-13-31)16(10-15)29-19(32)5-2-14-6-8-27-28-11-14/h3-4,6,8,10-13H,1,7,9H2,(H,25,31)(H,26,30)(H,29,32). The third-order valence-electron chi connectivity index (χ3n) is 4.09. The van der Waals surface area contributed by atoms with E-state index in [1.54, 1.807) is 6.07 Å². The van der Waals surface area contributed by atoms with Gasteiger partial charge in [-0.15, -0.1) is 0 Å². The Labute approximate surface area is 185 Å². The summed E-state index contributed by atoms with van der Waals surface area (Å²) >= 11 is 0. The highest BCUT2D eigenvalue weighted by molar-refractivity contribution is 6.05. The minimum Gasteiger partial charge on any atom is -0.491 e. The number of amides is 2. The average molecular weight is 458 g/mol. The van der Waals surface area contributed by atoms with Crippen LogP contribution in [-0.4, -0.2) is 45.6 Å². The minimum atomic E-state index is -4.57. The molecule has 12 heteroatoms. The number of nitrogens with one attached hydrogen (secondary N) is 3. The number of anilines is 1. The van der Waals surface area contributed by atoms with Gasteiger partial charge in [0.05, 0.1) is 30.9 Å². The summed E-state index contributed by atoms with van der Waals surface area (Å²) in [5.41, 5.74) is -0.0405. The van der Waals surface area contributed by atoms with E-state index in [2.05, 4.69) is 42.6 Å². The number of ether oxygens (including phenoxy) is 1. The van der Waals surface area contributed by atoms with Crippen molar-refractivity contribution in [2.24, 2.45) is 0 Å². The van der Waals surface area contributed by atoms with Gasteiger partial charge in [0, 0.05) is 23.6 Å². The first kappa shape index (κ1) is 23.3. The molecule has 0 bridgehead atoms. The molecule has 0 unspecified atom stereocenters. The Kier molecular flexibility index (Phi) is 7.59. The summed E-state index contributed by atoms with van der Waals surface area (Å²) in [7, 11) is 0. The SMILES string of the molecule is O=CNCCCOc1ccc(-c2ncc(C(F)(F)F)[nH]2)cc1NC(=O)C#Cc1ccnnc1. The molecule has 0 saturated heterocycles. The summed E-state index contributed by atoms with van der Waals surface area (Å²) in [6.07, 6.45) is -0.0102. The number of carbonyl (C=O) groups is 2. The summed E-state index contributed by atoms with van der Waals surface area (Å²) in [4.78, 5) is 28.6. The molecule has 0 atom stereocenters. The van der Waals surface area contributed by atoms with Crippen LogP contribution in [-0.2, 0) is 15.8 Å². The fourth-order valence-corrected chi connectivity index (χ4v) is 2.58. The average Bonchev–Trinajstić information content (AvgIpc) is 3.30. The number of halogens is 3. The van der Waals surface area contributed by atoms with Gasteiger partial charge >= 0.3 is 12.1 Å². The lowest BCUT2D eigenvalue weighted by atomic mass is 10.1. The van der Waals surface area contributed by atoms with E-state index in [0.717, 1.165) is 0 Å². The van der Waals surface area contributed by atoms with Crippen LogP contribution in [0, 0.1) is 11.8 Å². The highest BCUT2D eigenvalue weighted by atomic mass is 19.4. The number of rotatable bonds is 8. The first-order valence-electron chi connectivity index (χ1n) is 9.53. The fraction of sp³-hybridized carbons (Fsp3) is 0.190. The summed E-state index contributed by atoms with van der Waals surface area (Å²) in [6, 6.07) is 5.99. The zero-order chi connectivity index (χ0) is 23.7. The molecule has 2 amide bonds. The Hall–Kier alpha value is -4.40. The van der Waals surface area contributed by atoms with E-state index in [1.807, 2.05) is 0 Å². The van der Waals surface area contributed by atoms with Gasteiger partial charge in [0.1, 0.15) is 17.3 Å². The number of alkyl halides is 3. The molecule has 0 fully saturated rings. The highest BCUT2D eigenvalue weighted by Gasteiger charge is 2.33. The van der Waals surface area contributed by atoms with Crippen molar-refractivity contribution in [2.75, 3.05) is 18.5 Å². The van der Waals surface area contributed by atoms with Gasteiger partial charge in [-0.2, -0.15) is 23.4 Å². The van der Waals surface area contributed by atoms with Gasteiger partial charge < -0.3 is 20.4 Å². The lowest BCUT2D eigenvalue weighted by molar-refractivity contribution is -0.140. The predicted octanol–water partition coefficient (Wildman–Crippen LogP) is 2.39. The smallest absolute Gasteiger partial charge is 0.432 e. The summed E-state index contributed by atoms with van der Waals surface area (Å²) in [6.45, 7) is 0.609. The maximum Gasteiger partial charge on any atom is 0.432 e. The highest BCUT2D eigenvalue weighted by Crippen LogP contribution is 2.32. The van der Waals surface area contributed by atoms with E-state index in [1.165, 1.54) is 30.6 Å². The van der Waals surface area contributed by atoms with E-state index in [9.17, 15) is 22.8 Å². The van der Waals surface area contributed by atoms with E-state index in [0.29, 0.717) is 36.7 Å². The van der Waals surface area contributed by atoms with E-state index in [-0.39, 0.29) is 23.9 Å². The van der Waals surface area contributed by atoms with Crippen LogP contribution in [0.4, 0.5) is 18.9 Å². The van der Waals surface area contributed by atoms with Gasteiger partial charge in [0.15, 0.2) is 0 Å². The van der Waals surface area contributed by atoms with E-state index < -0.39 is 17.8 Å². The molecule has 170 valence electrons. The van der Waals surface area contributed by atoms with Crippen molar-refractivity contribution in [1.29, 1.82) is 0 Å². The predicted molar refractivity (Wildman–Crippen MR) is 111 cm³/mol. The van der Waals surface area contributed by atoms with Crippen molar-refractivity contribution in [3.63, 3.8) is 0 Å². The van der Waals surface area contributed by atoms with Crippen LogP contribution in [0.1, 0.15) is 17.7 Å². The molecule has 2 aromatic heterocycles. The number of H-pyrrole nitrogens is 1. The largest absolute Gasteiger partial charge is 0.491 e. The van der Waals surface area contributed by atoms with Crippen LogP contribution in [0.3, 0.4) is 0 Å². The molecular formula is C21H17F3N6O3. The lowest BCUT2D eigenvalue weighted by Crippen LogP contribution is -2.15. The summed E-state index contributed by atoms with van der Waals surface area (Å²) < 4.78 is 44.3. The number of hydrogen-bond acceptors (Lipinski definition) is 6. The van der Waals surface area contributed by atoms with Crippen molar-refractivity contribution in [1.82, 2.24) is 25.5 Å². The van der Waals surface area contributed by atoms with Gasteiger partial charge in [0.2, 0.25) is 6.41 Å². The second-order valence-electron chi connectivity index (χ2n) is 6.46. The zero-order valence-electron chi connectivity index (χ0n) is 16.9. The number of benzene rings is 1. The lowest BCUT2D eigenvalue weighted by Gasteiger charge is -2.13. The Morgan fingerprint density at radius 1 is 1.21 bits per heavy atom. The van der Waals surface area contributed by atoms with Crippen molar-refractivity contribution in [2.45, 2.75) is 12.6 Å². The Bertz CT molecular complexity index is 1170. The van der Waals surface area contributed by atoms with Crippen LogP contribution < -0.4 is 15.4 Å². The molecule has 33 heavy (non-hydrogen) atoms.